The Hall–Kier alpha value is -2.44. The second-order valence-electron chi connectivity index (χ2n) is 5.40. The van der Waals surface area contributed by atoms with E-state index in [1.54, 1.807) is 11.2 Å². The van der Waals surface area contributed by atoms with E-state index in [2.05, 4.69) is 15.0 Å². The normalized spacial score (nSPS) is 13.2. The lowest BCUT2D eigenvalue weighted by molar-refractivity contribution is -0.116. The van der Waals surface area contributed by atoms with Crippen LogP contribution in [0.5, 0.6) is 0 Å². The standard InChI is InChI=1S/C14H18N6O/c1-19-6-11(16-8-19)13-17-10-5-3-4-9(10)14(18-13)20(2)7-12(15)21/h6,8H,3-5,7H2,1-2H3,(H2,15,21). The third-order valence-electron chi connectivity index (χ3n) is 3.60. The molecule has 110 valence electrons. The highest BCUT2D eigenvalue weighted by atomic mass is 16.1. The van der Waals surface area contributed by atoms with Gasteiger partial charge in [-0.2, -0.15) is 0 Å². The van der Waals surface area contributed by atoms with Crippen molar-refractivity contribution in [2.75, 3.05) is 18.5 Å². The van der Waals surface area contributed by atoms with Gasteiger partial charge in [0.25, 0.3) is 0 Å². The lowest BCUT2D eigenvalue weighted by Crippen LogP contribution is -2.32. The molecule has 7 nitrogen and oxygen atoms in total. The lowest BCUT2D eigenvalue weighted by Gasteiger charge is -2.19. The van der Waals surface area contributed by atoms with E-state index in [0.29, 0.717) is 5.82 Å². The predicted octanol–water partition coefficient (Wildman–Crippen LogP) is 0.287. The average Bonchev–Trinajstić information content (AvgIpc) is 3.04. The van der Waals surface area contributed by atoms with Crippen molar-refractivity contribution in [2.24, 2.45) is 12.8 Å². The van der Waals surface area contributed by atoms with Gasteiger partial charge in [0.2, 0.25) is 5.91 Å². The molecule has 2 heterocycles. The number of aromatic nitrogens is 4. The molecule has 0 fully saturated rings. The first-order valence-corrected chi connectivity index (χ1v) is 6.92. The van der Waals surface area contributed by atoms with Crippen LogP contribution in [0.25, 0.3) is 11.5 Å². The van der Waals surface area contributed by atoms with Crippen LogP contribution in [0.3, 0.4) is 0 Å². The fourth-order valence-electron chi connectivity index (χ4n) is 2.68. The number of likely N-dealkylation sites (N-methyl/N-ethyl adjacent to an activating group) is 1. The van der Waals surface area contributed by atoms with Gasteiger partial charge in [0.15, 0.2) is 5.82 Å². The molecule has 2 N–H and O–H groups in total. The highest BCUT2D eigenvalue weighted by Gasteiger charge is 2.23. The largest absolute Gasteiger partial charge is 0.368 e. The minimum absolute atomic E-state index is 0.144. The molecule has 7 heteroatoms. The van der Waals surface area contributed by atoms with E-state index < -0.39 is 0 Å². The van der Waals surface area contributed by atoms with Gasteiger partial charge in [0.1, 0.15) is 11.5 Å². The lowest BCUT2D eigenvalue weighted by atomic mass is 10.2. The number of imidazole rings is 1. The van der Waals surface area contributed by atoms with Crippen molar-refractivity contribution < 1.29 is 4.79 Å². The van der Waals surface area contributed by atoms with Gasteiger partial charge < -0.3 is 15.2 Å². The van der Waals surface area contributed by atoms with E-state index in [1.165, 1.54) is 0 Å². The average molecular weight is 286 g/mol. The molecule has 0 spiro atoms. The first kappa shape index (κ1) is 13.5. The Kier molecular flexibility index (Phi) is 3.32. The van der Waals surface area contributed by atoms with Crippen molar-refractivity contribution in [3.8, 4) is 11.5 Å². The number of carbonyl (C=O) groups is 1. The van der Waals surface area contributed by atoms with Gasteiger partial charge in [-0.05, 0) is 19.3 Å². The zero-order valence-corrected chi connectivity index (χ0v) is 12.2. The molecule has 21 heavy (non-hydrogen) atoms. The van der Waals surface area contributed by atoms with Crippen LogP contribution in [0.4, 0.5) is 5.82 Å². The fourth-order valence-corrected chi connectivity index (χ4v) is 2.68. The van der Waals surface area contributed by atoms with Crippen molar-refractivity contribution in [1.29, 1.82) is 0 Å². The number of hydrogen-bond acceptors (Lipinski definition) is 5. The molecule has 0 aliphatic heterocycles. The summed E-state index contributed by atoms with van der Waals surface area (Å²) in [6.45, 7) is 0.144. The number of fused-ring (bicyclic) bond motifs is 1. The fraction of sp³-hybridized carbons (Fsp3) is 0.429. The van der Waals surface area contributed by atoms with Gasteiger partial charge in [0, 0.05) is 31.5 Å². The number of nitrogens with two attached hydrogens (primary N) is 1. The Bertz CT molecular complexity index is 693. The zero-order valence-electron chi connectivity index (χ0n) is 12.2. The van der Waals surface area contributed by atoms with Crippen LogP contribution in [0.1, 0.15) is 17.7 Å². The SMILES string of the molecule is CN(CC(N)=O)c1nc(-c2cn(C)cn2)nc2c1CCC2. The molecule has 0 bridgehead atoms. The van der Waals surface area contributed by atoms with Crippen LogP contribution in [0.2, 0.25) is 0 Å². The molecular weight excluding hydrogens is 268 g/mol. The topological polar surface area (TPSA) is 89.9 Å². The molecule has 1 aliphatic carbocycles. The summed E-state index contributed by atoms with van der Waals surface area (Å²) in [7, 11) is 3.73. The van der Waals surface area contributed by atoms with Gasteiger partial charge in [-0.25, -0.2) is 15.0 Å². The van der Waals surface area contributed by atoms with Crippen LogP contribution >= 0.6 is 0 Å². The van der Waals surface area contributed by atoms with Crippen molar-refractivity contribution in [3.05, 3.63) is 23.8 Å². The third kappa shape index (κ3) is 2.58. The summed E-state index contributed by atoms with van der Waals surface area (Å²) in [6, 6.07) is 0. The predicted molar refractivity (Wildman–Crippen MR) is 78.7 cm³/mol. The third-order valence-corrected chi connectivity index (χ3v) is 3.60. The minimum Gasteiger partial charge on any atom is -0.368 e. The first-order chi connectivity index (χ1) is 10.0. The highest BCUT2D eigenvalue weighted by Crippen LogP contribution is 2.30. The highest BCUT2D eigenvalue weighted by molar-refractivity contribution is 5.79. The molecule has 2 aromatic rings. The van der Waals surface area contributed by atoms with Gasteiger partial charge in [-0.15, -0.1) is 0 Å². The first-order valence-electron chi connectivity index (χ1n) is 6.92. The number of carbonyl (C=O) groups excluding carboxylic acids is 1. The number of nitrogens with zero attached hydrogens (tertiary/aromatic N) is 5. The number of primary amides is 1. The van der Waals surface area contributed by atoms with Crippen LogP contribution in [-0.4, -0.2) is 39.0 Å². The Balaban J connectivity index is 2.06. The quantitative estimate of drug-likeness (QED) is 0.872. The molecule has 1 aliphatic rings. The number of hydrogen-bond donors (Lipinski definition) is 1. The molecule has 0 radical (unpaired) electrons. The molecule has 1 amide bonds. The Labute approximate surface area is 122 Å². The summed E-state index contributed by atoms with van der Waals surface area (Å²) in [4.78, 5) is 26.5. The molecule has 2 aromatic heterocycles. The summed E-state index contributed by atoms with van der Waals surface area (Å²) >= 11 is 0. The number of amides is 1. The van der Waals surface area contributed by atoms with Crippen LogP contribution < -0.4 is 10.6 Å². The molecule has 0 saturated heterocycles. The number of anilines is 1. The van der Waals surface area contributed by atoms with Crippen LogP contribution in [0.15, 0.2) is 12.5 Å². The second kappa shape index (κ2) is 5.16. The molecule has 0 aromatic carbocycles. The van der Waals surface area contributed by atoms with Crippen molar-refractivity contribution in [1.82, 2.24) is 19.5 Å². The van der Waals surface area contributed by atoms with E-state index >= 15 is 0 Å². The minimum atomic E-state index is -0.373. The summed E-state index contributed by atoms with van der Waals surface area (Å²) < 4.78 is 1.86. The summed E-state index contributed by atoms with van der Waals surface area (Å²) in [5, 5.41) is 0. The summed E-state index contributed by atoms with van der Waals surface area (Å²) in [6.07, 6.45) is 6.55. The molecule has 0 unspecified atom stereocenters. The maximum absolute atomic E-state index is 11.2. The maximum Gasteiger partial charge on any atom is 0.236 e. The van der Waals surface area contributed by atoms with Gasteiger partial charge >= 0.3 is 0 Å². The molecular formula is C14H18N6O. The molecule has 0 atom stereocenters. The van der Waals surface area contributed by atoms with E-state index in [4.69, 9.17) is 5.73 Å². The number of rotatable bonds is 4. The Morgan fingerprint density at radius 3 is 2.90 bits per heavy atom. The van der Waals surface area contributed by atoms with E-state index in [-0.39, 0.29) is 12.5 Å². The van der Waals surface area contributed by atoms with Crippen molar-refractivity contribution in [2.45, 2.75) is 19.3 Å². The molecule has 3 rings (SSSR count). The van der Waals surface area contributed by atoms with Gasteiger partial charge in [0.05, 0.1) is 12.9 Å². The van der Waals surface area contributed by atoms with E-state index in [0.717, 1.165) is 42.0 Å². The zero-order chi connectivity index (χ0) is 15.0. The van der Waals surface area contributed by atoms with Crippen LogP contribution in [0, 0.1) is 0 Å². The smallest absolute Gasteiger partial charge is 0.236 e. The Morgan fingerprint density at radius 2 is 2.24 bits per heavy atom. The second-order valence-corrected chi connectivity index (χ2v) is 5.40. The maximum atomic E-state index is 11.2. The van der Waals surface area contributed by atoms with E-state index in [9.17, 15) is 4.79 Å². The summed E-state index contributed by atoms with van der Waals surface area (Å²) in [5.41, 5.74) is 8.20. The number of aryl methyl sites for hydroxylation is 2. The Morgan fingerprint density at radius 1 is 1.43 bits per heavy atom. The van der Waals surface area contributed by atoms with Gasteiger partial charge in [-0.3, -0.25) is 4.79 Å². The van der Waals surface area contributed by atoms with Gasteiger partial charge in [-0.1, -0.05) is 0 Å². The van der Waals surface area contributed by atoms with Crippen molar-refractivity contribution in [3.63, 3.8) is 0 Å². The summed E-state index contributed by atoms with van der Waals surface area (Å²) in [5.74, 6) is 1.02. The van der Waals surface area contributed by atoms with Crippen LogP contribution in [-0.2, 0) is 24.7 Å². The monoisotopic (exact) mass is 286 g/mol. The molecule has 0 saturated carbocycles. The van der Waals surface area contributed by atoms with Crippen molar-refractivity contribution >= 4 is 11.7 Å². The van der Waals surface area contributed by atoms with E-state index in [1.807, 2.05) is 24.9 Å².